The first kappa shape index (κ1) is 16.5. The summed E-state index contributed by atoms with van der Waals surface area (Å²) in [6.45, 7) is 0.590. The van der Waals surface area contributed by atoms with E-state index in [0.29, 0.717) is 13.0 Å². The smallest absolute Gasteiger partial charge is 0.121 e. The number of benzene rings is 1. The van der Waals surface area contributed by atoms with Crippen LogP contribution < -0.4 is 16.0 Å². The van der Waals surface area contributed by atoms with Crippen molar-refractivity contribution in [3.63, 3.8) is 0 Å². The van der Waals surface area contributed by atoms with Gasteiger partial charge < -0.3 is 26.2 Å². The lowest BCUT2D eigenvalue weighted by atomic mass is 10.1. The Kier molecular flexibility index (Phi) is 7.35. The lowest BCUT2D eigenvalue weighted by Crippen LogP contribution is -2.06. The van der Waals surface area contributed by atoms with E-state index >= 15 is 0 Å². The number of carbonyl (C=O) groups excluding carboxylic acids is 1. The number of hydrogen-bond donors (Lipinski definition) is 4. The Bertz CT molecular complexity index is 535. The number of anilines is 2. The Hall–Kier alpha value is -2.56. The normalized spacial score (nSPS) is 11.2. The highest BCUT2D eigenvalue weighted by molar-refractivity contribution is 5.85. The quantitative estimate of drug-likeness (QED) is 0.243. The minimum absolute atomic E-state index is 0.465. The largest absolute Gasteiger partial charge is 0.393 e. The van der Waals surface area contributed by atoms with Gasteiger partial charge in [-0.25, -0.2) is 0 Å². The van der Waals surface area contributed by atoms with Crippen molar-refractivity contribution in [2.45, 2.75) is 6.42 Å². The topological polar surface area (TPSA) is 77.0 Å². The molecule has 5 heteroatoms. The van der Waals surface area contributed by atoms with E-state index in [1.807, 2.05) is 37.4 Å². The van der Waals surface area contributed by atoms with Gasteiger partial charge in [0.05, 0.1) is 11.4 Å². The first-order valence-corrected chi connectivity index (χ1v) is 6.81. The molecule has 5 nitrogen and oxygen atoms in total. The zero-order valence-corrected chi connectivity index (χ0v) is 12.4. The van der Waals surface area contributed by atoms with Crippen LogP contribution in [0.25, 0.3) is 6.08 Å². The summed E-state index contributed by atoms with van der Waals surface area (Å²) < 4.78 is 0. The molecule has 0 bridgehead atoms. The lowest BCUT2D eigenvalue weighted by Gasteiger charge is -2.14. The summed E-state index contributed by atoms with van der Waals surface area (Å²) in [4.78, 5) is 10.5. The molecule has 0 aromatic heterocycles. The van der Waals surface area contributed by atoms with Gasteiger partial charge >= 0.3 is 0 Å². The van der Waals surface area contributed by atoms with Crippen LogP contribution in [0.15, 0.2) is 36.0 Å². The first-order valence-electron chi connectivity index (χ1n) is 6.81. The van der Waals surface area contributed by atoms with Crippen molar-refractivity contribution in [3.8, 4) is 0 Å². The Labute approximate surface area is 125 Å². The Morgan fingerprint density at radius 1 is 1.33 bits per heavy atom. The fourth-order valence-corrected chi connectivity index (χ4v) is 1.86. The molecule has 0 aliphatic rings. The zero-order chi connectivity index (χ0) is 15.5. The summed E-state index contributed by atoms with van der Waals surface area (Å²) in [6.07, 6.45) is 8.21. The van der Waals surface area contributed by atoms with E-state index in [2.05, 4.69) is 16.0 Å². The van der Waals surface area contributed by atoms with Crippen LogP contribution in [-0.2, 0) is 4.79 Å². The fourth-order valence-electron chi connectivity index (χ4n) is 1.86. The van der Waals surface area contributed by atoms with Crippen molar-refractivity contribution in [1.82, 2.24) is 5.32 Å². The minimum Gasteiger partial charge on any atom is -0.393 e. The zero-order valence-electron chi connectivity index (χ0n) is 12.4. The van der Waals surface area contributed by atoms with Crippen LogP contribution in [0.2, 0.25) is 0 Å². The predicted molar refractivity (Wildman–Crippen MR) is 90.1 cm³/mol. The molecule has 21 heavy (non-hydrogen) atoms. The maximum Gasteiger partial charge on any atom is 0.121 e. The summed E-state index contributed by atoms with van der Waals surface area (Å²) in [7, 11) is 3.66. The van der Waals surface area contributed by atoms with Crippen molar-refractivity contribution in [2.75, 3.05) is 31.3 Å². The Balaban J connectivity index is 3.04. The molecule has 0 fully saturated rings. The molecule has 1 aromatic rings. The van der Waals surface area contributed by atoms with Gasteiger partial charge in [-0.2, -0.15) is 0 Å². The predicted octanol–water partition coefficient (Wildman–Crippen LogP) is 2.50. The molecule has 0 saturated carbocycles. The van der Waals surface area contributed by atoms with Crippen molar-refractivity contribution in [2.24, 2.45) is 0 Å². The van der Waals surface area contributed by atoms with Crippen LogP contribution in [0.4, 0.5) is 11.4 Å². The average Bonchev–Trinajstić information content (AvgIpc) is 2.52. The molecule has 0 amide bonds. The highest BCUT2D eigenvalue weighted by Gasteiger charge is 2.04. The molecule has 0 spiro atoms. The fraction of sp³-hybridized carbons (Fsp3) is 0.250. The van der Waals surface area contributed by atoms with Crippen molar-refractivity contribution >= 4 is 30.0 Å². The third-order valence-corrected chi connectivity index (χ3v) is 2.86. The maximum atomic E-state index is 10.5. The van der Waals surface area contributed by atoms with E-state index in [4.69, 9.17) is 5.41 Å². The SMILES string of the molecule is CN/C=C(C=N)/C=C/c1cccc(NC)c1NCCC=O. The van der Waals surface area contributed by atoms with E-state index < -0.39 is 0 Å². The molecular weight excluding hydrogens is 264 g/mol. The van der Waals surface area contributed by atoms with Gasteiger partial charge in [0.25, 0.3) is 0 Å². The summed E-state index contributed by atoms with van der Waals surface area (Å²) >= 11 is 0. The van der Waals surface area contributed by atoms with Gasteiger partial charge in [-0.1, -0.05) is 24.3 Å². The number of aldehydes is 1. The second-order valence-electron chi connectivity index (χ2n) is 4.31. The molecule has 1 aromatic carbocycles. The van der Waals surface area contributed by atoms with E-state index in [1.54, 1.807) is 13.2 Å². The van der Waals surface area contributed by atoms with Crippen LogP contribution in [-0.4, -0.2) is 33.1 Å². The van der Waals surface area contributed by atoms with Gasteiger partial charge in [-0.15, -0.1) is 0 Å². The number of rotatable bonds is 9. The standard InChI is InChI=1S/C16H22N4O/c1-18-12-13(11-17)7-8-14-5-3-6-15(19-2)16(14)20-9-4-10-21/h3,5-8,10-12,17-20H,4,9H2,1-2H3/b8-7+,13-12-,17-11?. The van der Waals surface area contributed by atoms with Crippen LogP contribution in [0.5, 0.6) is 0 Å². The van der Waals surface area contributed by atoms with Gasteiger partial charge in [0.15, 0.2) is 0 Å². The molecule has 0 saturated heterocycles. The van der Waals surface area contributed by atoms with Gasteiger partial charge in [-0.05, 0) is 11.6 Å². The molecule has 0 unspecified atom stereocenters. The summed E-state index contributed by atoms with van der Waals surface area (Å²) in [5.41, 5.74) is 3.69. The highest BCUT2D eigenvalue weighted by Crippen LogP contribution is 2.27. The summed E-state index contributed by atoms with van der Waals surface area (Å²) in [5, 5.41) is 16.7. The monoisotopic (exact) mass is 286 g/mol. The first-order chi connectivity index (χ1) is 10.3. The number of carbonyl (C=O) groups is 1. The van der Waals surface area contributed by atoms with Crippen molar-refractivity contribution in [1.29, 1.82) is 5.41 Å². The molecule has 1 rings (SSSR count). The second-order valence-corrected chi connectivity index (χ2v) is 4.31. The second kappa shape index (κ2) is 9.36. The van der Waals surface area contributed by atoms with Crippen molar-refractivity contribution in [3.05, 3.63) is 41.6 Å². The average molecular weight is 286 g/mol. The summed E-state index contributed by atoms with van der Waals surface area (Å²) in [6, 6.07) is 5.92. The summed E-state index contributed by atoms with van der Waals surface area (Å²) in [5.74, 6) is 0. The van der Waals surface area contributed by atoms with E-state index in [0.717, 1.165) is 28.8 Å². The molecule has 0 aliphatic heterocycles. The van der Waals surface area contributed by atoms with Crippen LogP contribution in [0, 0.1) is 5.41 Å². The van der Waals surface area contributed by atoms with Crippen molar-refractivity contribution < 1.29 is 4.79 Å². The van der Waals surface area contributed by atoms with E-state index in [-0.39, 0.29) is 0 Å². The molecule has 0 aliphatic carbocycles. The molecule has 0 radical (unpaired) electrons. The van der Waals surface area contributed by atoms with Gasteiger partial charge in [0.2, 0.25) is 0 Å². The highest BCUT2D eigenvalue weighted by atomic mass is 16.1. The third kappa shape index (κ3) is 5.14. The Morgan fingerprint density at radius 3 is 2.76 bits per heavy atom. The molecule has 0 heterocycles. The third-order valence-electron chi connectivity index (χ3n) is 2.86. The van der Waals surface area contributed by atoms with Crippen LogP contribution in [0.1, 0.15) is 12.0 Å². The molecule has 4 N–H and O–H groups in total. The molecule has 112 valence electrons. The van der Waals surface area contributed by atoms with Crippen LogP contribution >= 0.6 is 0 Å². The van der Waals surface area contributed by atoms with Gasteiger partial charge in [0.1, 0.15) is 6.29 Å². The number of allylic oxidation sites excluding steroid dienone is 2. The molecular formula is C16H22N4O. The van der Waals surface area contributed by atoms with Gasteiger partial charge in [-0.3, -0.25) is 0 Å². The Morgan fingerprint density at radius 2 is 2.14 bits per heavy atom. The maximum absolute atomic E-state index is 10.5. The minimum atomic E-state index is 0.465. The number of hydrogen-bond acceptors (Lipinski definition) is 5. The van der Waals surface area contributed by atoms with E-state index in [1.165, 1.54) is 6.21 Å². The van der Waals surface area contributed by atoms with Gasteiger partial charge in [0, 0.05) is 45.0 Å². The van der Waals surface area contributed by atoms with Crippen LogP contribution in [0.3, 0.4) is 0 Å². The number of nitrogens with one attached hydrogen (secondary N) is 4. The lowest BCUT2D eigenvalue weighted by molar-refractivity contribution is -0.107. The van der Waals surface area contributed by atoms with E-state index in [9.17, 15) is 4.79 Å². The number of para-hydroxylation sites is 1. The molecule has 0 atom stereocenters.